The summed E-state index contributed by atoms with van der Waals surface area (Å²) in [6, 6.07) is 0. The van der Waals surface area contributed by atoms with Gasteiger partial charge in [-0.1, -0.05) is 13.8 Å². The number of carbonyl (C=O) groups excluding carboxylic acids is 1. The third-order valence-electron chi connectivity index (χ3n) is 2.32. The molecule has 0 atom stereocenters. The molecule has 0 bridgehead atoms. The van der Waals surface area contributed by atoms with Crippen molar-refractivity contribution in [2.45, 2.75) is 33.1 Å². The van der Waals surface area contributed by atoms with Crippen LogP contribution in [0.15, 0.2) is 0 Å². The Morgan fingerprint density at radius 1 is 1.43 bits per heavy atom. The minimum Gasteiger partial charge on any atom is -0.299 e. The molecule has 5 nitrogen and oxygen atoms in total. The molecule has 1 aromatic rings. The maximum Gasteiger partial charge on any atom is 0.182 e. The van der Waals surface area contributed by atoms with Gasteiger partial charge in [0.25, 0.3) is 0 Å². The van der Waals surface area contributed by atoms with E-state index in [0.717, 1.165) is 12.8 Å². The Morgan fingerprint density at radius 3 is 2.50 bits per heavy atom. The fourth-order valence-corrected chi connectivity index (χ4v) is 1.44. The smallest absolute Gasteiger partial charge is 0.182 e. The van der Waals surface area contributed by atoms with E-state index in [2.05, 4.69) is 15.4 Å². The van der Waals surface area contributed by atoms with Crippen molar-refractivity contribution in [1.82, 2.24) is 20.2 Å². The molecule has 5 heteroatoms. The molecule has 1 heterocycles. The van der Waals surface area contributed by atoms with Gasteiger partial charge in [-0.25, -0.2) is 0 Å². The van der Waals surface area contributed by atoms with Crippen LogP contribution in [-0.4, -0.2) is 26.0 Å². The van der Waals surface area contributed by atoms with Crippen LogP contribution >= 0.6 is 0 Å². The lowest BCUT2D eigenvalue weighted by Gasteiger charge is -2.08. The Morgan fingerprint density at radius 2 is 2.07 bits per heavy atom. The van der Waals surface area contributed by atoms with Crippen molar-refractivity contribution in [3.63, 3.8) is 0 Å². The molecule has 0 unspecified atom stereocenters. The van der Waals surface area contributed by atoms with E-state index in [1.807, 2.05) is 13.8 Å². The van der Waals surface area contributed by atoms with Crippen molar-refractivity contribution in [2.24, 2.45) is 13.0 Å². The predicted molar refractivity (Wildman–Crippen MR) is 51.6 cm³/mol. The first-order chi connectivity index (χ1) is 6.67. The number of nitrogens with zero attached hydrogens (tertiary/aromatic N) is 4. The van der Waals surface area contributed by atoms with Gasteiger partial charge in [0.05, 0.1) is 13.5 Å². The largest absolute Gasteiger partial charge is 0.299 e. The summed E-state index contributed by atoms with van der Waals surface area (Å²) in [5.41, 5.74) is 0. The number of carbonyl (C=O) groups is 1. The number of aromatic nitrogens is 4. The van der Waals surface area contributed by atoms with Crippen LogP contribution in [0.1, 0.15) is 32.5 Å². The number of Topliss-reactive ketones (excluding diaryl/α,β-unsaturated/α-hetero) is 1. The predicted octanol–water partition coefficient (Wildman–Crippen LogP) is 0.758. The molecule has 0 aliphatic heterocycles. The summed E-state index contributed by atoms with van der Waals surface area (Å²) in [7, 11) is 1.69. The van der Waals surface area contributed by atoms with Crippen LogP contribution in [0.4, 0.5) is 0 Å². The van der Waals surface area contributed by atoms with Crippen LogP contribution < -0.4 is 0 Å². The molecule has 0 aromatic carbocycles. The van der Waals surface area contributed by atoms with Crippen molar-refractivity contribution in [3.8, 4) is 0 Å². The number of hydrogen-bond acceptors (Lipinski definition) is 4. The highest BCUT2D eigenvalue weighted by molar-refractivity contribution is 5.82. The molecule has 0 spiro atoms. The zero-order chi connectivity index (χ0) is 10.6. The Bertz CT molecular complexity index is 304. The van der Waals surface area contributed by atoms with Crippen LogP contribution in [0.25, 0.3) is 0 Å². The first-order valence-corrected chi connectivity index (χ1v) is 4.93. The van der Waals surface area contributed by atoms with E-state index in [0.29, 0.717) is 12.2 Å². The minimum absolute atomic E-state index is 0.138. The van der Waals surface area contributed by atoms with Gasteiger partial charge < -0.3 is 0 Å². The SMILES string of the molecule is CCC(CC)C(=O)Cc1nnn(C)n1. The first-order valence-electron chi connectivity index (χ1n) is 4.93. The second-order valence-corrected chi connectivity index (χ2v) is 3.35. The molecular weight excluding hydrogens is 180 g/mol. The van der Waals surface area contributed by atoms with Crippen molar-refractivity contribution in [2.75, 3.05) is 0 Å². The number of ketones is 1. The molecule has 0 saturated heterocycles. The highest BCUT2D eigenvalue weighted by Crippen LogP contribution is 2.10. The zero-order valence-corrected chi connectivity index (χ0v) is 8.90. The van der Waals surface area contributed by atoms with Gasteiger partial charge in [-0.05, 0) is 18.1 Å². The molecule has 1 aromatic heterocycles. The Labute approximate surface area is 83.5 Å². The van der Waals surface area contributed by atoms with Gasteiger partial charge in [-0.15, -0.1) is 10.2 Å². The van der Waals surface area contributed by atoms with E-state index in [1.165, 1.54) is 4.80 Å². The molecule has 0 aliphatic rings. The number of rotatable bonds is 5. The molecule has 0 radical (unpaired) electrons. The molecule has 0 amide bonds. The molecule has 0 N–H and O–H groups in total. The molecular formula is C9H16N4O. The molecule has 0 saturated carbocycles. The third-order valence-corrected chi connectivity index (χ3v) is 2.32. The average Bonchev–Trinajstić information content (AvgIpc) is 2.53. The summed E-state index contributed by atoms with van der Waals surface area (Å²) in [6.07, 6.45) is 2.07. The summed E-state index contributed by atoms with van der Waals surface area (Å²) in [5.74, 6) is 0.867. The second kappa shape index (κ2) is 4.83. The van der Waals surface area contributed by atoms with Gasteiger partial charge >= 0.3 is 0 Å². The third kappa shape index (κ3) is 2.61. The Hall–Kier alpha value is -1.26. The Kier molecular flexibility index (Phi) is 3.73. The topological polar surface area (TPSA) is 60.7 Å². The van der Waals surface area contributed by atoms with E-state index in [9.17, 15) is 4.79 Å². The quantitative estimate of drug-likeness (QED) is 0.697. The maximum atomic E-state index is 11.7. The zero-order valence-electron chi connectivity index (χ0n) is 8.90. The lowest BCUT2D eigenvalue weighted by atomic mass is 9.96. The summed E-state index contributed by atoms with van der Waals surface area (Å²) in [4.78, 5) is 13.0. The van der Waals surface area contributed by atoms with E-state index >= 15 is 0 Å². The minimum atomic E-state index is 0.138. The van der Waals surface area contributed by atoms with Crippen molar-refractivity contribution >= 4 is 5.78 Å². The number of hydrogen-bond donors (Lipinski definition) is 0. The van der Waals surface area contributed by atoms with Crippen molar-refractivity contribution in [1.29, 1.82) is 0 Å². The molecule has 78 valence electrons. The van der Waals surface area contributed by atoms with Gasteiger partial charge in [-0.3, -0.25) is 4.79 Å². The first kappa shape index (κ1) is 10.8. The van der Waals surface area contributed by atoms with E-state index in [1.54, 1.807) is 7.05 Å². The molecule has 0 aliphatic carbocycles. The van der Waals surface area contributed by atoms with E-state index in [4.69, 9.17) is 0 Å². The van der Waals surface area contributed by atoms with Crippen molar-refractivity contribution < 1.29 is 4.79 Å². The lowest BCUT2D eigenvalue weighted by Crippen LogP contribution is -2.16. The van der Waals surface area contributed by atoms with Crippen LogP contribution in [0, 0.1) is 5.92 Å². The maximum absolute atomic E-state index is 11.7. The van der Waals surface area contributed by atoms with Crippen LogP contribution in [-0.2, 0) is 18.3 Å². The van der Waals surface area contributed by atoms with Gasteiger partial charge in [0.2, 0.25) is 0 Å². The average molecular weight is 196 g/mol. The summed E-state index contributed by atoms with van der Waals surface area (Å²) >= 11 is 0. The highest BCUT2D eigenvalue weighted by Gasteiger charge is 2.16. The number of tetrazole rings is 1. The summed E-state index contributed by atoms with van der Waals surface area (Å²) in [6.45, 7) is 4.05. The summed E-state index contributed by atoms with van der Waals surface area (Å²) in [5, 5.41) is 11.4. The normalized spacial score (nSPS) is 10.9. The molecule has 1 rings (SSSR count). The van der Waals surface area contributed by atoms with Crippen LogP contribution in [0.5, 0.6) is 0 Å². The second-order valence-electron chi connectivity index (χ2n) is 3.35. The molecule has 14 heavy (non-hydrogen) atoms. The summed E-state index contributed by atoms with van der Waals surface area (Å²) < 4.78 is 0. The fraction of sp³-hybridized carbons (Fsp3) is 0.778. The van der Waals surface area contributed by atoms with Gasteiger partial charge in [0, 0.05) is 5.92 Å². The number of aryl methyl sites for hydroxylation is 1. The van der Waals surface area contributed by atoms with E-state index in [-0.39, 0.29) is 11.7 Å². The lowest BCUT2D eigenvalue weighted by molar-refractivity contribution is -0.122. The standard InChI is InChI=1S/C9H16N4O/c1-4-7(5-2)8(14)6-9-10-12-13(3)11-9/h7H,4-6H2,1-3H3. The highest BCUT2D eigenvalue weighted by atomic mass is 16.1. The van der Waals surface area contributed by atoms with Crippen molar-refractivity contribution in [3.05, 3.63) is 5.82 Å². The monoisotopic (exact) mass is 196 g/mol. The Balaban J connectivity index is 2.56. The van der Waals surface area contributed by atoms with Gasteiger partial charge in [0.1, 0.15) is 5.78 Å². The van der Waals surface area contributed by atoms with E-state index < -0.39 is 0 Å². The van der Waals surface area contributed by atoms with Gasteiger partial charge in [-0.2, -0.15) is 4.80 Å². The fourth-order valence-electron chi connectivity index (χ4n) is 1.44. The molecule has 0 fully saturated rings. The van der Waals surface area contributed by atoms with Crippen LogP contribution in [0.2, 0.25) is 0 Å². The van der Waals surface area contributed by atoms with Gasteiger partial charge in [0.15, 0.2) is 5.82 Å². The van der Waals surface area contributed by atoms with Crippen LogP contribution in [0.3, 0.4) is 0 Å².